The van der Waals surface area contributed by atoms with Crippen molar-refractivity contribution in [3.8, 4) is 5.75 Å². The molecule has 0 aromatic heterocycles. The van der Waals surface area contributed by atoms with E-state index in [1.54, 1.807) is 0 Å². The number of carbonyl (C=O) groups is 2. The highest BCUT2D eigenvalue weighted by atomic mass is 16.6. The summed E-state index contributed by atoms with van der Waals surface area (Å²) in [5.41, 5.74) is -0.843. The van der Waals surface area contributed by atoms with Gasteiger partial charge >= 0.3 is 11.9 Å². The number of carbonyl (C=O) groups excluding carboxylic acids is 2. The van der Waals surface area contributed by atoms with E-state index >= 15 is 0 Å². The van der Waals surface area contributed by atoms with Crippen LogP contribution in [0.1, 0.15) is 26.3 Å². The van der Waals surface area contributed by atoms with Gasteiger partial charge in [0.25, 0.3) is 0 Å². The molecule has 1 aliphatic heterocycles. The third-order valence-corrected chi connectivity index (χ3v) is 1.79. The summed E-state index contributed by atoms with van der Waals surface area (Å²) in [5, 5.41) is 0. The van der Waals surface area contributed by atoms with Crippen molar-refractivity contribution in [3.63, 3.8) is 0 Å². The Hall–Kier alpha value is -2.43. The summed E-state index contributed by atoms with van der Waals surface area (Å²) in [7, 11) is 0. The zero-order valence-corrected chi connectivity index (χ0v) is 9.58. The normalized spacial score (nSPS) is 20.9. The number of cyclic esters (lactones) is 1. The van der Waals surface area contributed by atoms with Crippen molar-refractivity contribution in [2.45, 2.75) is 13.8 Å². The highest BCUT2D eigenvalue weighted by molar-refractivity contribution is 6.06. The van der Waals surface area contributed by atoms with Crippen LogP contribution >= 0.6 is 0 Å². The lowest BCUT2D eigenvalue weighted by Gasteiger charge is -2.00. The second-order valence-corrected chi connectivity index (χ2v) is 3.29. The van der Waals surface area contributed by atoms with Crippen LogP contribution in [0.3, 0.4) is 0 Å². The molecule has 0 unspecified atom stereocenters. The van der Waals surface area contributed by atoms with E-state index in [0.29, 0.717) is 0 Å². The minimum Gasteiger partial charge on any atom is -0.427 e. The highest BCUT2D eigenvalue weighted by Crippen LogP contribution is 2.18. The molecule has 1 heterocycles. The molecule has 18 heavy (non-hydrogen) atoms. The maximum absolute atomic E-state index is 11.6. The van der Waals surface area contributed by atoms with Gasteiger partial charge in [0.15, 0.2) is 11.6 Å². The summed E-state index contributed by atoms with van der Waals surface area (Å²) in [5.74, 6) is -2.24. The first kappa shape index (κ1) is 7.10. The van der Waals surface area contributed by atoms with Crippen LogP contribution in [0.15, 0.2) is 34.9 Å². The van der Waals surface area contributed by atoms with Gasteiger partial charge < -0.3 is 9.47 Å². The van der Waals surface area contributed by atoms with Gasteiger partial charge in [-0.1, -0.05) is 12.1 Å². The first-order valence-electron chi connectivity index (χ1n) is 7.42. The quantitative estimate of drug-likeness (QED) is 0.457. The van der Waals surface area contributed by atoms with Gasteiger partial charge in [-0.2, -0.15) is 0 Å². The van der Waals surface area contributed by atoms with Gasteiger partial charge in [0.2, 0.25) is 0 Å². The van der Waals surface area contributed by atoms with Crippen molar-refractivity contribution >= 4 is 23.9 Å². The number of hydrogen-bond acceptors (Lipinski definition) is 5. The monoisotopic (exact) mass is 250 g/mol. The van der Waals surface area contributed by atoms with Gasteiger partial charge in [-0.05, 0) is 23.7 Å². The molecule has 0 saturated carbocycles. The zero-order valence-electron chi connectivity index (χ0n) is 14.6. The first-order chi connectivity index (χ1) is 10.6. The molecule has 2 rings (SSSR count). The number of rotatable bonds is 2. The molecule has 0 atom stereocenters. The van der Waals surface area contributed by atoms with Crippen LogP contribution in [-0.4, -0.2) is 17.8 Å². The molecular formula is C13H11NO4. The fraction of sp³-hybridized carbons (Fsp3) is 0.154. The number of benzene rings is 1. The Morgan fingerprint density at radius 3 is 2.67 bits per heavy atom. The van der Waals surface area contributed by atoms with Gasteiger partial charge in [-0.15, -0.1) is 0 Å². The molecule has 5 nitrogen and oxygen atoms in total. The fourth-order valence-electron chi connectivity index (χ4n) is 1.16. The average Bonchev–Trinajstić information content (AvgIpc) is 2.80. The van der Waals surface area contributed by atoms with Crippen LogP contribution in [0.25, 0.3) is 6.05 Å². The highest BCUT2D eigenvalue weighted by Gasteiger charge is 2.19. The zero-order chi connectivity index (χ0) is 17.5. The summed E-state index contributed by atoms with van der Waals surface area (Å²) < 4.78 is 48.7. The molecule has 1 aliphatic rings. The third-order valence-electron chi connectivity index (χ3n) is 1.79. The third kappa shape index (κ3) is 2.82. The molecule has 1 aromatic rings. The summed E-state index contributed by atoms with van der Waals surface area (Å²) in [4.78, 5) is 26.3. The van der Waals surface area contributed by atoms with Crippen molar-refractivity contribution in [2.75, 3.05) is 0 Å². The van der Waals surface area contributed by atoms with E-state index in [-0.39, 0.29) is 5.90 Å². The van der Waals surface area contributed by atoms with Crippen molar-refractivity contribution < 1.29 is 25.9 Å². The summed E-state index contributed by atoms with van der Waals surface area (Å²) in [6, 6.07) is -3.10. The molecule has 0 amide bonds. The van der Waals surface area contributed by atoms with Gasteiger partial charge in [-0.3, -0.25) is 4.79 Å². The largest absolute Gasteiger partial charge is 0.427 e. The van der Waals surface area contributed by atoms with E-state index < -0.39 is 59.2 Å². The minimum absolute atomic E-state index is 0.0153. The van der Waals surface area contributed by atoms with E-state index in [0.717, 1.165) is 6.92 Å². The SMILES string of the molecule is [2H]/C(=C1/N=C(C)OC1=O)c1c([2H])c([2H])c(OC(C)=O)c([2H])c1[2H]. The van der Waals surface area contributed by atoms with Crippen molar-refractivity contribution in [2.24, 2.45) is 4.99 Å². The second-order valence-electron chi connectivity index (χ2n) is 3.29. The van der Waals surface area contributed by atoms with E-state index in [1.165, 1.54) is 6.92 Å². The Labute approximate surface area is 111 Å². The van der Waals surface area contributed by atoms with E-state index in [9.17, 15) is 9.59 Å². The molecule has 0 bridgehead atoms. The van der Waals surface area contributed by atoms with Crippen LogP contribution in [-0.2, 0) is 14.3 Å². The average molecular weight is 250 g/mol. The molecule has 5 heteroatoms. The summed E-state index contributed by atoms with van der Waals surface area (Å²) >= 11 is 0. The van der Waals surface area contributed by atoms with Crippen molar-refractivity contribution in [1.29, 1.82) is 0 Å². The molecule has 92 valence electrons. The number of esters is 2. The van der Waals surface area contributed by atoms with Crippen molar-refractivity contribution in [3.05, 3.63) is 35.4 Å². The first-order valence-corrected chi connectivity index (χ1v) is 4.92. The Morgan fingerprint density at radius 2 is 2.17 bits per heavy atom. The summed E-state index contributed by atoms with van der Waals surface area (Å²) in [6.45, 7) is 2.46. The van der Waals surface area contributed by atoms with Crippen LogP contribution in [0.4, 0.5) is 0 Å². The molecule has 0 saturated heterocycles. The van der Waals surface area contributed by atoms with E-state index in [2.05, 4.69) is 14.5 Å². The standard InChI is InChI=1S/C13H11NO4/c1-8-14-12(13(16)17-8)7-10-3-5-11(6-4-10)18-9(2)15/h3-7H,1-2H3/b12-7-/i3D,4D,5D,6D,7D. The van der Waals surface area contributed by atoms with Crippen LogP contribution in [0, 0.1) is 0 Å². The smallest absolute Gasteiger partial charge is 0.363 e. The lowest BCUT2D eigenvalue weighted by molar-refractivity contribution is -0.132. The maximum atomic E-state index is 11.6. The Kier molecular flexibility index (Phi) is 1.91. The molecule has 0 aliphatic carbocycles. The maximum Gasteiger partial charge on any atom is 0.363 e. The Morgan fingerprint density at radius 1 is 1.50 bits per heavy atom. The second kappa shape index (κ2) is 4.83. The van der Waals surface area contributed by atoms with Gasteiger partial charge in [0, 0.05) is 13.8 Å². The lowest BCUT2D eigenvalue weighted by Crippen LogP contribution is -2.01. The Bertz CT molecular complexity index is 771. The topological polar surface area (TPSA) is 65.0 Å². The number of hydrogen-bond donors (Lipinski definition) is 0. The van der Waals surface area contributed by atoms with Gasteiger partial charge in [-0.25, -0.2) is 9.79 Å². The van der Waals surface area contributed by atoms with Crippen LogP contribution < -0.4 is 4.74 Å². The molecule has 0 radical (unpaired) electrons. The number of ether oxygens (including phenoxy) is 2. The van der Waals surface area contributed by atoms with E-state index in [4.69, 9.17) is 6.85 Å². The minimum atomic E-state index is -0.909. The lowest BCUT2D eigenvalue weighted by atomic mass is 10.2. The molecule has 0 fully saturated rings. The van der Waals surface area contributed by atoms with Crippen LogP contribution in [0.2, 0.25) is 0 Å². The fourth-order valence-corrected chi connectivity index (χ4v) is 1.16. The Balaban J connectivity index is 2.73. The predicted molar refractivity (Wildman–Crippen MR) is 64.9 cm³/mol. The van der Waals surface area contributed by atoms with Crippen molar-refractivity contribution in [1.82, 2.24) is 0 Å². The number of nitrogens with zero attached hydrogens (tertiary/aromatic N) is 1. The molecule has 0 spiro atoms. The summed E-state index contributed by atoms with van der Waals surface area (Å²) in [6.07, 6.45) is 0. The van der Waals surface area contributed by atoms with Gasteiger partial charge in [0.05, 0.1) is 6.85 Å². The molecular weight excluding hydrogens is 234 g/mol. The molecule has 0 N–H and O–H groups in total. The van der Waals surface area contributed by atoms with Gasteiger partial charge in [0.1, 0.15) is 5.75 Å². The van der Waals surface area contributed by atoms with Crippen LogP contribution in [0.5, 0.6) is 5.75 Å². The number of aliphatic imine (C=N–C) groups is 1. The molecule has 1 aromatic carbocycles. The predicted octanol–water partition coefficient (Wildman–Crippen LogP) is 1.93. The van der Waals surface area contributed by atoms with E-state index in [1.807, 2.05) is 0 Å².